The Labute approximate surface area is 194 Å². The average molecular weight is 524 g/mol. The van der Waals surface area contributed by atoms with Crippen LogP contribution in [0.25, 0.3) is 16.9 Å². The Kier molecular flexibility index (Phi) is 5.47. The first-order valence-electron chi connectivity index (χ1n) is 9.56. The standard InChI is InChI=1S/C19H12F8N6OS/c1-32-15(12(18(22,23)24)13(31-32)17(20,21)19(25,26)27)33-6-10(5-29-33)9-4-11(35-7-9)14(34)30-16(8-28)2-3-16/h4-7H,2-3H2,1H3,(H,30,34). The summed E-state index contributed by atoms with van der Waals surface area (Å²) in [4.78, 5) is 12.5. The van der Waals surface area contributed by atoms with Crippen molar-refractivity contribution in [3.8, 4) is 23.0 Å². The lowest BCUT2D eigenvalue weighted by atomic mass is 10.1. The molecule has 16 heteroatoms. The third kappa shape index (κ3) is 4.24. The van der Waals surface area contributed by atoms with E-state index < -0.39 is 46.8 Å². The zero-order valence-corrected chi connectivity index (χ0v) is 18.1. The fourth-order valence-electron chi connectivity index (χ4n) is 3.26. The maximum atomic E-state index is 13.9. The molecule has 0 radical (unpaired) electrons. The predicted octanol–water partition coefficient (Wildman–Crippen LogP) is 4.79. The third-order valence-electron chi connectivity index (χ3n) is 5.23. The van der Waals surface area contributed by atoms with Gasteiger partial charge < -0.3 is 5.32 Å². The number of hydrogen-bond acceptors (Lipinski definition) is 5. The minimum Gasteiger partial charge on any atom is -0.333 e. The topological polar surface area (TPSA) is 88.5 Å². The van der Waals surface area contributed by atoms with E-state index in [4.69, 9.17) is 5.26 Å². The summed E-state index contributed by atoms with van der Waals surface area (Å²) >= 11 is 0.977. The van der Waals surface area contributed by atoms with Gasteiger partial charge in [0.1, 0.15) is 11.1 Å². The number of nitrogens with one attached hydrogen (secondary N) is 1. The molecule has 7 nitrogen and oxygen atoms in total. The summed E-state index contributed by atoms with van der Waals surface area (Å²) in [5.74, 6) is -7.56. The molecule has 0 atom stereocenters. The Morgan fingerprint density at radius 3 is 2.37 bits per heavy atom. The second-order valence-electron chi connectivity index (χ2n) is 7.76. The smallest absolute Gasteiger partial charge is 0.333 e. The van der Waals surface area contributed by atoms with Crippen LogP contribution in [0.3, 0.4) is 0 Å². The monoisotopic (exact) mass is 524 g/mol. The van der Waals surface area contributed by atoms with E-state index in [2.05, 4.69) is 15.5 Å². The van der Waals surface area contributed by atoms with Crippen LogP contribution < -0.4 is 5.32 Å². The Balaban J connectivity index is 1.71. The van der Waals surface area contributed by atoms with Gasteiger partial charge in [0.15, 0.2) is 11.5 Å². The van der Waals surface area contributed by atoms with E-state index >= 15 is 0 Å². The van der Waals surface area contributed by atoms with Crippen LogP contribution in [0.4, 0.5) is 35.1 Å². The van der Waals surface area contributed by atoms with Crippen molar-refractivity contribution in [2.24, 2.45) is 7.05 Å². The van der Waals surface area contributed by atoms with E-state index in [0.29, 0.717) is 23.1 Å². The zero-order chi connectivity index (χ0) is 26.0. The molecule has 3 heterocycles. The predicted molar refractivity (Wildman–Crippen MR) is 104 cm³/mol. The lowest BCUT2D eigenvalue weighted by molar-refractivity contribution is -0.292. The molecule has 3 aromatic rings. The summed E-state index contributed by atoms with van der Waals surface area (Å²) in [6, 6.07) is 3.37. The Bertz CT molecular complexity index is 1340. The summed E-state index contributed by atoms with van der Waals surface area (Å²) in [5, 5.41) is 19.6. The molecule has 1 aliphatic rings. The van der Waals surface area contributed by atoms with Gasteiger partial charge in [-0.15, -0.1) is 11.3 Å². The number of carbonyl (C=O) groups is 1. The van der Waals surface area contributed by atoms with Gasteiger partial charge >= 0.3 is 18.3 Å². The number of aryl methyl sites for hydroxylation is 1. The fraction of sp³-hybridized carbons (Fsp3) is 0.368. The highest BCUT2D eigenvalue weighted by molar-refractivity contribution is 7.12. The number of amides is 1. The average Bonchev–Trinajstić information content (AvgIpc) is 3.14. The largest absolute Gasteiger partial charge is 0.459 e. The highest BCUT2D eigenvalue weighted by Gasteiger charge is 2.64. The first-order valence-corrected chi connectivity index (χ1v) is 10.4. The van der Waals surface area contributed by atoms with Gasteiger partial charge in [0.05, 0.1) is 17.1 Å². The van der Waals surface area contributed by atoms with Crippen molar-refractivity contribution >= 4 is 17.2 Å². The molecule has 0 spiro atoms. The zero-order valence-electron chi connectivity index (χ0n) is 17.3. The number of carbonyl (C=O) groups excluding carboxylic acids is 1. The summed E-state index contributed by atoms with van der Waals surface area (Å²) in [5.41, 5.74) is -5.22. The molecule has 1 fully saturated rings. The van der Waals surface area contributed by atoms with E-state index in [-0.39, 0.29) is 15.1 Å². The van der Waals surface area contributed by atoms with Crippen molar-refractivity contribution in [1.82, 2.24) is 24.9 Å². The molecule has 1 amide bonds. The molecule has 0 aliphatic heterocycles. The Morgan fingerprint density at radius 1 is 1.17 bits per heavy atom. The number of thiophene rings is 1. The van der Waals surface area contributed by atoms with Crippen LogP contribution in [0.5, 0.6) is 0 Å². The quantitative estimate of drug-likeness (QED) is 0.486. The number of hydrogen-bond donors (Lipinski definition) is 1. The number of nitriles is 1. The fourth-order valence-corrected chi connectivity index (χ4v) is 4.07. The van der Waals surface area contributed by atoms with E-state index in [1.165, 1.54) is 11.4 Å². The van der Waals surface area contributed by atoms with Gasteiger partial charge in [-0.1, -0.05) is 0 Å². The van der Waals surface area contributed by atoms with Gasteiger partial charge in [-0.2, -0.15) is 50.6 Å². The highest BCUT2D eigenvalue weighted by atomic mass is 32.1. The normalized spacial score (nSPS) is 15.7. The molecule has 186 valence electrons. The van der Waals surface area contributed by atoms with Crippen molar-refractivity contribution in [2.45, 2.75) is 36.7 Å². The number of alkyl halides is 8. The Hall–Kier alpha value is -3.48. The van der Waals surface area contributed by atoms with Gasteiger partial charge in [-0.25, -0.2) is 9.36 Å². The lowest BCUT2D eigenvalue weighted by Crippen LogP contribution is -2.36. The van der Waals surface area contributed by atoms with E-state index in [0.717, 1.165) is 30.8 Å². The maximum Gasteiger partial charge on any atom is 0.459 e. The second-order valence-corrected chi connectivity index (χ2v) is 8.67. The van der Waals surface area contributed by atoms with E-state index in [1.54, 1.807) is 0 Å². The molecular formula is C19H12F8N6OS. The summed E-state index contributed by atoms with van der Waals surface area (Å²) in [6.07, 6.45) is -8.90. The van der Waals surface area contributed by atoms with Crippen LogP contribution in [0, 0.1) is 11.3 Å². The van der Waals surface area contributed by atoms with Crippen molar-refractivity contribution in [2.75, 3.05) is 0 Å². The van der Waals surface area contributed by atoms with Crippen LogP contribution in [-0.4, -0.2) is 37.2 Å². The molecule has 35 heavy (non-hydrogen) atoms. The van der Waals surface area contributed by atoms with Crippen molar-refractivity contribution in [1.29, 1.82) is 5.26 Å². The van der Waals surface area contributed by atoms with Crippen LogP contribution in [-0.2, 0) is 19.1 Å². The molecule has 4 rings (SSSR count). The minimum atomic E-state index is -6.31. The molecule has 1 N–H and O–H groups in total. The Morgan fingerprint density at radius 2 is 1.83 bits per heavy atom. The molecule has 0 aromatic carbocycles. The summed E-state index contributed by atoms with van der Waals surface area (Å²) in [7, 11) is 0.776. The van der Waals surface area contributed by atoms with Crippen LogP contribution in [0.2, 0.25) is 0 Å². The van der Waals surface area contributed by atoms with Crippen LogP contribution in [0.15, 0.2) is 23.8 Å². The van der Waals surface area contributed by atoms with Crippen LogP contribution >= 0.6 is 11.3 Å². The molecule has 3 aromatic heterocycles. The third-order valence-corrected chi connectivity index (χ3v) is 6.16. The van der Waals surface area contributed by atoms with E-state index in [9.17, 15) is 39.9 Å². The minimum absolute atomic E-state index is 0.153. The molecule has 1 saturated carbocycles. The van der Waals surface area contributed by atoms with Crippen molar-refractivity contribution < 1.29 is 39.9 Å². The van der Waals surface area contributed by atoms with Gasteiger partial charge in [-0.05, 0) is 29.9 Å². The number of nitrogens with zero attached hydrogens (tertiary/aromatic N) is 5. The molecule has 0 bridgehead atoms. The van der Waals surface area contributed by atoms with Crippen molar-refractivity contribution in [3.05, 3.63) is 40.0 Å². The van der Waals surface area contributed by atoms with Gasteiger partial charge in [0, 0.05) is 18.8 Å². The van der Waals surface area contributed by atoms with E-state index in [1.807, 2.05) is 6.07 Å². The molecule has 0 saturated heterocycles. The molecular weight excluding hydrogens is 512 g/mol. The highest BCUT2D eigenvalue weighted by Crippen LogP contribution is 2.49. The van der Waals surface area contributed by atoms with Gasteiger partial charge in [0.25, 0.3) is 5.91 Å². The number of halogens is 8. The lowest BCUT2D eigenvalue weighted by Gasteiger charge is -2.19. The maximum absolute atomic E-state index is 13.9. The van der Waals surface area contributed by atoms with Crippen molar-refractivity contribution in [3.63, 3.8) is 0 Å². The van der Waals surface area contributed by atoms with Crippen LogP contribution in [0.1, 0.15) is 33.8 Å². The number of rotatable bonds is 5. The second kappa shape index (κ2) is 7.77. The number of aromatic nitrogens is 4. The first-order chi connectivity index (χ1) is 16.1. The summed E-state index contributed by atoms with van der Waals surface area (Å²) in [6.45, 7) is 0. The molecule has 0 unspecified atom stereocenters. The van der Waals surface area contributed by atoms with Gasteiger partial charge in [-0.3, -0.25) is 4.79 Å². The SMILES string of the molecule is Cn1nc(C(F)(F)C(F)(F)F)c(C(F)(F)F)c1-n1cc(-c2csc(C(=O)NC3(C#N)CC3)c2)cn1. The molecule has 1 aliphatic carbocycles. The summed E-state index contributed by atoms with van der Waals surface area (Å²) < 4.78 is 108. The first kappa shape index (κ1) is 24.6. The van der Waals surface area contributed by atoms with Gasteiger partial charge in [0.2, 0.25) is 0 Å².